The highest BCUT2D eigenvalue weighted by molar-refractivity contribution is 5.84. The van der Waals surface area contributed by atoms with E-state index in [0.717, 1.165) is 35.6 Å². The molecular weight excluding hydrogens is 298 g/mol. The quantitative estimate of drug-likeness (QED) is 0.858. The molecule has 0 saturated carbocycles. The summed E-state index contributed by atoms with van der Waals surface area (Å²) in [6, 6.07) is 12.4. The lowest BCUT2D eigenvalue weighted by atomic mass is 9.98. The third kappa shape index (κ3) is 2.69. The van der Waals surface area contributed by atoms with Crippen molar-refractivity contribution in [1.29, 1.82) is 5.26 Å². The van der Waals surface area contributed by atoms with Gasteiger partial charge in [-0.3, -0.25) is 9.69 Å². The average Bonchev–Trinajstić information content (AvgIpc) is 3.11. The van der Waals surface area contributed by atoms with Gasteiger partial charge in [-0.2, -0.15) is 15.5 Å². The molecule has 2 atom stereocenters. The Balaban J connectivity index is 2.04. The summed E-state index contributed by atoms with van der Waals surface area (Å²) in [6.45, 7) is 8.90. The van der Waals surface area contributed by atoms with Crippen molar-refractivity contribution in [2.75, 3.05) is 0 Å². The van der Waals surface area contributed by atoms with E-state index in [1.54, 1.807) is 0 Å². The second kappa shape index (κ2) is 6.48. The van der Waals surface area contributed by atoms with E-state index in [1.165, 1.54) is 5.56 Å². The normalized spacial score (nSPS) is 18.4. The highest BCUT2D eigenvalue weighted by atomic mass is 15.5. The predicted octanol–water partition coefficient (Wildman–Crippen LogP) is 3.91. The molecule has 0 N–H and O–H groups in total. The van der Waals surface area contributed by atoms with Gasteiger partial charge in [0, 0.05) is 29.9 Å². The highest BCUT2D eigenvalue weighted by Crippen LogP contribution is 2.39. The van der Waals surface area contributed by atoms with Crippen molar-refractivity contribution in [2.45, 2.75) is 52.7 Å². The number of rotatable bonds is 4. The molecule has 5 heteroatoms. The molecule has 2 aromatic rings. The highest BCUT2D eigenvalue weighted by Gasteiger charge is 2.35. The minimum atomic E-state index is -0.423. The van der Waals surface area contributed by atoms with E-state index in [0.29, 0.717) is 0 Å². The van der Waals surface area contributed by atoms with Gasteiger partial charge in [0.15, 0.2) is 6.04 Å². The van der Waals surface area contributed by atoms with Crippen LogP contribution in [0, 0.1) is 25.2 Å². The average molecular weight is 321 g/mol. The van der Waals surface area contributed by atoms with Crippen LogP contribution in [0.1, 0.15) is 54.9 Å². The van der Waals surface area contributed by atoms with Crippen molar-refractivity contribution in [3.8, 4) is 6.07 Å². The minimum Gasteiger partial charge on any atom is -0.269 e. The Morgan fingerprint density at radius 1 is 1.25 bits per heavy atom. The molecule has 0 spiro atoms. The SMILES string of the molecule is CCn1nc(C)c([C@H](C#N)N2N=C(C)C[C@@H]2c2ccccc2)c1C. The zero-order valence-corrected chi connectivity index (χ0v) is 14.7. The standard InChI is InChI=1S/C19H23N5/c1-5-23-15(4)19(14(3)22-23)18(12-20)24-17(11-13(2)21-24)16-9-7-6-8-10-16/h6-10,17-18H,5,11H2,1-4H3/t17-,18+/m1/s1. The molecule has 0 unspecified atom stereocenters. The zero-order valence-electron chi connectivity index (χ0n) is 14.7. The maximum Gasteiger partial charge on any atom is 0.162 e. The lowest BCUT2D eigenvalue weighted by Crippen LogP contribution is -2.25. The minimum absolute atomic E-state index is 0.0969. The van der Waals surface area contributed by atoms with Gasteiger partial charge in [-0.15, -0.1) is 0 Å². The Morgan fingerprint density at radius 3 is 2.54 bits per heavy atom. The van der Waals surface area contributed by atoms with Gasteiger partial charge in [-0.1, -0.05) is 30.3 Å². The molecule has 0 aliphatic carbocycles. The van der Waals surface area contributed by atoms with Crippen LogP contribution in [0.5, 0.6) is 0 Å². The Morgan fingerprint density at radius 2 is 1.96 bits per heavy atom. The maximum atomic E-state index is 9.92. The second-order valence-corrected chi connectivity index (χ2v) is 6.28. The number of hydrogen-bond acceptors (Lipinski definition) is 4. The topological polar surface area (TPSA) is 57.2 Å². The number of nitrogens with zero attached hydrogens (tertiary/aromatic N) is 5. The Hall–Kier alpha value is -2.61. The first-order chi connectivity index (χ1) is 11.6. The molecule has 24 heavy (non-hydrogen) atoms. The van der Waals surface area contributed by atoms with Gasteiger partial charge >= 0.3 is 0 Å². The van der Waals surface area contributed by atoms with Crippen LogP contribution in [0.25, 0.3) is 0 Å². The fourth-order valence-electron chi connectivity index (χ4n) is 3.53. The summed E-state index contributed by atoms with van der Waals surface area (Å²) < 4.78 is 1.96. The van der Waals surface area contributed by atoms with Crippen molar-refractivity contribution in [3.63, 3.8) is 0 Å². The molecule has 124 valence electrons. The van der Waals surface area contributed by atoms with Crippen molar-refractivity contribution < 1.29 is 0 Å². The Labute approximate surface area is 143 Å². The molecule has 2 heterocycles. The van der Waals surface area contributed by atoms with Gasteiger partial charge in [0.25, 0.3) is 0 Å². The molecule has 1 aromatic carbocycles. The molecule has 1 aliphatic rings. The Kier molecular flexibility index (Phi) is 4.39. The summed E-state index contributed by atoms with van der Waals surface area (Å²) in [5, 5.41) is 21.2. The Bertz CT molecular complexity index is 797. The molecule has 0 amide bonds. The summed E-state index contributed by atoms with van der Waals surface area (Å²) in [4.78, 5) is 0. The van der Waals surface area contributed by atoms with Crippen LogP contribution in [-0.2, 0) is 6.54 Å². The zero-order chi connectivity index (χ0) is 17.3. The molecule has 0 bridgehead atoms. The van der Waals surface area contributed by atoms with E-state index in [4.69, 9.17) is 5.10 Å². The molecular formula is C19H23N5. The van der Waals surface area contributed by atoms with Crippen LogP contribution in [0.15, 0.2) is 35.4 Å². The number of hydrazone groups is 1. The number of hydrogen-bond donors (Lipinski definition) is 0. The first-order valence-corrected chi connectivity index (χ1v) is 8.37. The molecule has 5 nitrogen and oxygen atoms in total. The second-order valence-electron chi connectivity index (χ2n) is 6.28. The van der Waals surface area contributed by atoms with E-state index in [2.05, 4.69) is 30.2 Å². The molecule has 0 saturated heterocycles. The fourth-order valence-corrected chi connectivity index (χ4v) is 3.53. The lowest BCUT2D eigenvalue weighted by Gasteiger charge is -2.28. The summed E-state index contributed by atoms with van der Waals surface area (Å²) in [7, 11) is 0. The van der Waals surface area contributed by atoms with Crippen LogP contribution >= 0.6 is 0 Å². The van der Waals surface area contributed by atoms with Crippen LogP contribution in [0.3, 0.4) is 0 Å². The van der Waals surface area contributed by atoms with E-state index in [-0.39, 0.29) is 6.04 Å². The lowest BCUT2D eigenvalue weighted by molar-refractivity contribution is 0.195. The fraction of sp³-hybridized carbons (Fsp3) is 0.421. The van der Waals surface area contributed by atoms with E-state index < -0.39 is 6.04 Å². The molecule has 1 aromatic heterocycles. The van der Waals surface area contributed by atoms with Crippen molar-refractivity contribution in [1.82, 2.24) is 14.8 Å². The van der Waals surface area contributed by atoms with Crippen LogP contribution in [0.2, 0.25) is 0 Å². The predicted molar refractivity (Wildman–Crippen MR) is 94.5 cm³/mol. The van der Waals surface area contributed by atoms with Gasteiger partial charge in [0.05, 0.1) is 17.8 Å². The van der Waals surface area contributed by atoms with Gasteiger partial charge in [0.2, 0.25) is 0 Å². The third-order valence-electron chi connectivity index (χ3n) is 4.68. The summed E-state index contributed by atoms with van der Waals surface area (Å²) in [6.07, 6.45) is 0.849. The van der Waals surface area contributed by atoms with Crippen molar-refractivity contribution in [2.24, 2.45) is 5.10 Å². The van der Waals surface area contributed by atoms with Crippen molar-refractivity contribution in [3.05, 3.63) is 52.8 Å². The summed E-state index contributed by atoms with van der Waals surface area (Å²) >= 11 is 0. The van der Waals surface area contributed by atoms with Crippen molar-refractivity contribution >= 4 is 5.71 Å². The van der Waals surface area contributed by atoms with Gasteiger partial charge < -0.3 is 0 Å². The number of benzene rings is 1. The van der Waals surface area contributed by atoms with Gasteiger partial charge in [0.1, 0.15) is 0 Å². The molecule has 1 aliphatic heterocycles. The summed E-state index contributed by atoms with van der Waals surface area (Å²) in [5.41, 5.74) is 5.19. The molecule has 3 rings (SSSR count). The number of aryl methyl sites for hydroxylation is 2. The number of aromatic nitrogens is 2. The largest absolute Gasteiger partial charge is 0.269 e. The van der Waals surface area contributed by atoms with Gasteiger partial charge in [-0.05, 0) is 33.3 Å². The smallest absolute Gasteiger partial charge is 0.162 e. The van der Waals surface area contributed by atoms with Gasteiger partial charge in [-0.25, -0.2) is 0 Å². The van der Waals surface area contributed by atoms with E-state index in [9.17, 15) is 5.26 Å². The van der Waals surface area contributed by atoms with E-state index in [1.807, 2.05) is 48.7 Å². The van der Waals surface area contributed by atoms with E-state index >= 15 is 0 Å². The monoisotopic (exact) mass is 321 g/mol. The first kappa shape index (κ1) is 16.3. The van der Waals surface area contributed by atoms with Crippen LogP contribution in [0.4, 0.5) is 0 Å². The molecule has 0 radical (unpaired) electrons. The van der Waals surface area contributed by atoms with Crippen LogP contribution < -0.4 is 0 Å². The number of nitriles is 1. The third-order valence-corrected chi connectivity index (χ3v) is 4.68. The first-order valence-electron chi connectivity index (χ1n) is 8.37. The summed E-state index contributed by atoms with van der Waals surface area (Å²) in [5.74, 6) is 0. The van der Waals surface area contributed by atoms with Crippen LogP contribution in [-0.4, -0.2) is 20.5 Å². The maximum absolute atomic E-state index is 9.92. The molecule has 0 fully saturated rings.